The van der Waals surface area contributed by atoms with Crippen LogP contribution in [-0.4, -0.2) is 16.4 Å². The normalized spacial score (nSPS) is 11.0. The summed E-state index contributed by atoms with van der Waals surface area (Å²) in [6, 6.07) is 14.6. The zero-order valence-electron chi connectivity index (χ0n) is 13.7. The third-order valence-corrected chi connectivity index (χ3v) is 4.63. The number of aromatic nitrogens is 1. The Balaban J connectivity index is 1.52. The summed E-state index contributed by atoms with van der Waals surface area (Å²) in [4.78, 5) is 24.7. The standard InChI is InChI=1S/C19H14BrN3O3/c1-23-10-14(13-4-2-3-5-15(13)23)18(24)21-22-19(25)17-9-11-8-12(20)6-7-16(11)26-17/h2-10H,1H3,(H,21,24)(H,22,25). The molecule has 0 unspecified atom stereocenters. The Morgan fingerprint density at radius 1 is 1.04 bits per heavy atom. The van der Waals surface area contributed by atoms with Crippen molar-refractivity contribution in [3.05, 3.63) is 70.5 Å². The minimum Gasteiger partial charge on any atom is -0.451 e. The van der Waals surface area contributed by atoms with Gasteiger partial charge in [0.1, 0.15) is 5.58 Å². The number of hydrogen-bond donors (Lipinski definition) is 2. The van der Waals surface area contributed by atoms with Crippen LogP contribution >= 0.6 is 15.9 Å². The van der Waals surface area contributed by atoms with Crippen molar-refractivity contribution in [3.8, 4) is 0 Å². The maximum Gasteiger partial charge on any atom is 0.305 e. The van der Waals surface area contributed by atoms with E-state index in [9.17, 15) is 9.59 Å². The summed E-state index contributed by atoms with van der Waals surface area (Å²) in [6.07, 6.45) is 1.73. The number of para-hydroxylation sites is 1. The molecular formula is C19H14BrN3O3. The van der Waals surface area contributed by atoms with E-state index in [1.165, 1.54) is 0 Å². The Morgan fingerprint density at radius 3 is 2.65 bits per heavy atom. The van der Waals surface area contributed by atoms with Crippen molar-refractivity contribution in [2.45, 2.75) is 0 Å². The summed E-state index contributed by atoms with van der Waals surface area (Å²) < 4.78 is 8.26. The first-order chi connectivity index (χ1) is 12.5. The average molecular weight is 412 g/mol. The molecule has 0 atom stereocenters. The molecule has 0 saturated carbocycles. The molecule has 2 aromatic heterocycles. The van der Waals surface area contributed by atoms with E-state index < -0.39 is 11.8 Å². The number of hydrogen-bond acceptors (Lipinski definition) is 3. The first-order valence-corrected chi connectivity index (χ1v) is 8.66. The lowest BCUT2D eigenvalue weighted by Gasteiger charge is -2.04. The number of fused-ring (bicyclic) bond motifs is 2. The number of furan rings is 1. The van der Waals surface area contributed by atoms with Crippen molar-refractivity contribution in [1.29, 1.82) is 0 Å². The first kappa shape index (κ1) is 16.4. The molecule has 6 nitrogen and oxygen atoms in total. The van der Waals surface area contributed by atoms with Crippen LogP contribution in [0.2, 0.25) is 0 Å². The second kappa shape index (κ2) is 6.34. The van der Waals surface area contributed by atoms with Gasteiger partial charge in [-0.1, -0.05) is 34.1 Å². The molecule has 2 N–H and O–H groups in total. The molecule has 0 aliphatic carbocycles. The van der Waals surface area contributed by atoms with Gasteiger partial charge in [0, 0.05) is 34.0 Å². The molecule has 4 aromatic rings. The third-order valence-electron chi connectivity index (χ3n) is 4.13. The van der Waals surface area contributed by atoms with Gasteiger partial charge in [-0.25, -0.2) is 0 Å². The number of halogens is 1. The predicted octanol–water partition coefficient (Wildman–Crippen LogP) is 3.76. The van der Waals surface area contributed by atoms with Crippen LogP contribution in [0.1, 0.15) is 20.9 Å². The van der Waals surface area contributed by atoms with E-state index in [0.717, 1.165) is 20.8 Å². The number of nitrogens with zero attached hydrogens (tertiary/aromatic N) is 1. The smallest absolute Gasteiger partial charge is 0.305 e. The van der Waals surface area contributed by atoms with E-state index in [1.54, 1.807) is 18.3 Å². The molecule has 0 aliphatic rings. The molecule has 2 aromatic carbocycles. The lowest BCUT2D eigenvalue weighted by atomic mass is 10.2. The van der Waals surface area contributed by atoms with E-state index in [4.69, 9.17) is 4.42 Å². The van der Waals surface area contributed by atoms with E-state index in [-0.39, 0.29) is 5.76 Å². The lowest BCUT2D eigenvalue weighted by Crippen LogP contribution is -2.41. The molecule has 26 heavy (non-hydrogen) atoms. The molecule has 130 valence electrons. The number of carbonyl (C=O) groups excluding carboxylic acids is 2. The molecule has 4 rings (SSSR count). The highest BCUT2D eigenvalue weighted by molar-refractivity contribution is 9.10. The highest BCUT2D eigenvalue weighted by atomic mass is 79.9. The van der Waals surface area contributed by atoms with Crippen LogP contribution in [0.15, 0.2) is 63.6 Å². The van der Waals surface area contributed by atoms with Crippen molar-refractivity contribution < 1.29 is 14.0 Å². The van der Waals surface area contributed by atoms with Gasteiger partial charge >= 0.3 is 5.91 Å². The minimum atomic E-state index is -0.522. The third kappa shape index (κ3) is 2.86. The monoisotopic (exact) mass is 411 g/mol. The Kier molecular flexibility index (Phi) is 4.00. The van der Waals surface area contributed by atoms with E-state index in [2.05, 4.69) is 26.8 Å². The highest BCUT2D eigenvalue weighted by Gasteiger charge is 2.16. The summed E-state index contributed by atoms with van der Waals surface area (Å²) in [7, 11) is 1.87. The molecule has 0 saturated heterocycles. The van der Waals surface area contributed by atoms with Crippen molar-refractivity contribution in [2.24, 2.45) is 7.05 Å². The first-order valence-electron chi connectivity index (χ1n) is 7.87. The summed E-state index contributed by atoms with van der Waals surface area (Å²) >= 11 is 3.37. The average Bonchev–Trinajstić information content (AvgIpc) is 3.21. The quantitative estimate of drug-likeness (QED) is 0.493. The Morgan fingerprint density at radius 2 is 1.81 bits per heavy atom. The van der Waals surface area contributed by atoms with Gasteiger partial charge in [-0.05, 0) is 30.3 Å². The minimum absolute atomic E-state index is 0.122. The zero-order valence-corrected chi connectivity index (χ0v) is 15.3. The van der Waals surface area contributed by atoms with Gasteiger partial charge in [0.05, 0.1) is 5.56 Å². The van der Waals surface area contributed by atoms with E-state index in [1.807, 2.05) is 48.0 Å². The highest BCUT2D eigenvalue weighted by Crippen LogP contribution is 2.23. The number of rotatable bonds is 2. The van der Waals surface area contributed by atoms with Gasteiger partial charge in [0.15, 0.2) is 5.76 Å². The van der Waals surface area contributed by atoms with Gasteiger partial charge in [0.2, 0.25) is 0 Å². The predicted molar refractivity (Wildman–Crippen MR) is 102 cm³/mol. The fraction of sp³-hybridized carbons (Fsp3) is 0.0526. The van der Waals surface area contributed by atoms with Gasteiger partial charge in [-0.2, -0.15) is 0 Å². The molecule has 0 fully saturated rings. The maximum atomic E-state index is 12.4. The van der Waals surface area contributed by atoms with Gasteiger partial charge in [-0.15, -0.1) is 0 Å². The fourth-order valence-corrected chi connectivity index (χ4v) is 3.27. The summed E-state index contributed by atoms with van der Waals surface area (Å²) in [5, 5.41) is 1.61. The van der Waals surface area contributed by atoms with E-state index in [0.29, 0.717) is 11.1 Å². The fourth-order valence-electron chi connectivity index (χ4n) is 2.89. The van der Waals surface area contributed by atoms with Crippen LogP contribution in [0, 0.1) is 0 Å². The molecule has 0 spiro atoms. The molecular weight excluding hydrogens is 398 g/mol. The topological polar surface area (TPSA) is 76.3 Å². The van der Waals surface area contributed by atoms with Crippen molar-refractivity contribution in [3.63, 3.8) is 0 Å². The zero-order chi connectivity index (χ0) is 18.3. The molecule has 0 bridgehead atoms. The van der Waals surface area contributed by atoms with Crippen molar-refractivity contribution in [2.75, 3.05) is 0 Å². The van der Waals surface area contributed by atoms with E-state index >= 15 is 0 Å². The Bertz CT molecular complexity index is 1160. The van der Waals surface area contributed by atoms with Crippen LogP contribution in [-0.2, 0) is 7.05 Å². The Hall–Kier alpha value is -3.06. The van der Waals surface area contributed by atoms with Crippen molar-refractivity contribution in [1.82, 2.24) is 15.4 Å². The molecule has 0 radical (unpaired) electrons. The van der Waals surface area contributed by atoms with Crippen LogP contribution in [0.3, 0.4) is 0 Å². The van der Waals surface area contributed by atoms with Crippen LogP contribution in [0.5, 0.6) is 0 Å². The summed E-state index contributed by atoms with van der Waals surface area (Å²) in [5.74, 6) is -0.795. The molecule has 0 aliphatic heterocycles. The molecule has 2 heterocycles. The van der Waals surface area contributed by atoms with Crippen LogP contribution < -0.4 is 10.9 Å². The largest absolute Gasteiger partial charge is 0.451 e. The maximum absolute atomic E-state index is 12.4. The van der Waals surface area contributed by atoms with Crippen LogP contribution in [0.4, 0.5) is 0 Å². The molecule has 2 amide bonds. The number of hydrazine groups is 1. The molecule has 7 heteroatoms. The number of amides is 2. The van der Waals surface area contributed by atoms with Gasteiger partial charge in [0.25, 0.3) is 5.91 Å². The summed E-state index contributed by atoms with van der Waals surface area (Å²) in [5.41, 5.74) is 6.85. The lowest BCUT2D eigenvalue weighted by molar-refractivity contribution is 0.0833. The SMILES string of the molecule is Cn1cc(C(=O)NNC(=O)c2cc3cc(Br)ccc3o2)c2ccccc21. The second-order valence-corrected chi connectivity index (χ2v) is 6.79. The Labute approximate surface area is 156 Å². The number of aryl methyl sites for hydroxylation is 1. The van der Waals surface area contributed by atoms with Crippen molar-refractivity contribution >= 4 is 49.6 Å². The van der Waals surface area contributed by atoms with Gasteiger partial charge in [-0.3, -0.25) is 20.4 Å². The second-order valence-electron chi connectivity index (χ2n) is 5.87. The summed E-state index contributed by atoms with van der Waals surface area (Å²) in [6.45, 7) is 0. The number of benzene rings is 2. The van der Waals surface area contributed by atoms with Gasteiger partial charge < -0.3 is 8.98 Å². The number of carbonyl (C=O) groups is 2. The number of nitrogens with one attached hydrogen (secondary N) is 2. The van der Waals surface area contributed by atoms with Crippen LogP contribution in [0.25, 0.3) is 21.9 Å².